The van der Waals surface area contributed by atoms with Crippen molar-refractivity contribution in [3.05, 3.63) is 0 Å². The fraction of sp³-hybridized carbons (Fsp3) is 0.941. The molecule has 0 radical (unpaired) electrons. The highest BCUT2D eigenvalue weighted by atomic mass is 16.3. The van der Waals surface area contributed by atoms with Crippen LogP contribution in [0.4, 0.5) is 0 Å². The van der Waals surface area contributed by atoms with E-state index in [4.69, 9.17) is 5.73 Å². The van der Waals surface area contributed by atoms with Crippen molar-refractivity contribution >= 4 is 5.91 Å². The van der Waals surface area contributed by atoms with E-state index >= 15 is 0 Å². The average Bonchev–Trinajstić information content (AvgIpc) is 2.44. The maximum atomic E-state index is 12.4. The summed E-state index contributed by atoms with van der Waals surface area (Å²) in [7, 11) is 0. The number of aliphatic hydroxyl groups is 1. The van der Waals surface area contributed by atoms with Crippen molar-refractivity contribution < 1.29 is 9.90 Å². The molecule has 1 aliphatic carbocycles. The van der Waals surface area contributed by atoms with Gasteiger partial charge in [-0.25, -0.2) is 0 Å². The number of fused-ring (bicyclic) bond motifs is 1. The molecular formula is C17H32N2O2. The second kappa shape index (κ2) is 6.66. The van der Waals surface area contributed by atoms with Gasteiger partial charge >= 0.3 is 0 Å². The first kappa shape index (κ1) is 16.8. The minimum Gasteiger partial charge on any atom is -0.389 e. The molecule has 0 bridgehead atoms. The summed E-state index contributed by atoms with van der Waals surface area (Å²) in [5.74, 6) is 0.550. The van der Waals surface area contributed by atoms with Gasteiger partial charge in [0, 0.05) is 25.4 Å². The highest BCUT2D eigenvalue weighted by molar-refractivity contribution is 5.76. The third-order valence-electron chi connectivity index (χ3n) is 5.62. The first-order valence-electron chi connectivity index (χ1n) is 8.56. The standard InChI is InChI=1S/C17H32N2O2/c1-16(2,9-11-18)8-6-15(20)19-12-10-17(21)7-4-3-5-14(17)13-19/h14,21H,3-13,18H2,1-2H3. The lowest BCUT2D eigenvalue weighted by Gasteiger charge is -2.47. The Kier molecular flexibility index (Phi) is 5.31. The van der Waals surface area contributed by atoms with Gasteiger partial charge in [0.2, 0.25) is 5.91 Å². The van der Waals surface area contributed by atoms with E-state index in [2.05, 4.69) is 13.8 Å². The van der Waals surface area contributed by atoms with Crippen LogP contribution < -0.4 is 5.73 Å². The van der Waals surface area contributed by atoms with Crippen LogP contribution in [0.25, 0.3) is 0 Å². The number of piperidine rings is 1. The molecule has 0 aromatic heterocycles. The fourth-order valence-corrected chi connectivity index (χ4v) is 3.92. The Morgan fingerprint density at radius 3 is 2.81 bits per heavy atom. The Hall–Kier alpha value is -0.610. The summed E-state index contributed by atoms with van der Waals surface area (Å²) in [5, 5.41) is 10.7. The number of nitrogens with two attached hydrogens (primary N) is 1. The second-order valence-electron chi connectivity index (χ2n) is 7.84. The normalized spacial score (nSPS) is 30.1. The Balaban J connectivity index is 1.84. The van der Waals surface area contributed by atoms with E-state index < -0.39 is 5.60 Å². The lowest BCUT2D eigenvalue weighted by molar-refractivity contribution is -0.143. The molecule has 1 saturated carbocycles. The average molecular weight is 296 g/mol. The van der Waals surface area contributed by atoms with Crippen molar-refractivity contribution in [2.24, 2.45) is 17.1 Å². The summed E-state index contributed by atoms with van der Waals surface area (Å²) >= 11 is 0. The quantitative estimate of drug-likeness (QED) is 0.818. The molecular weight excluding hydrogens is 264 g/mol. The van der Waals surface area contributed by atoms with Gasteiger partial charge < -0.3 is 15.7 Å². The monoisotopic (exact) mass is 296 g/mol. The van der Waals surface area contributed by atoms with Gasteiger partial charge in [0.15, 0.2) is 0 Å². The molecule has 21 heavy (non-hydrogen) atoms. The van der Waals surface area contributed by atoms with Gasteiger partial charge in [-0.3, -0.25) is 4.79 Å². The predicted octanol–water partition coefficient (Wildman–Crippen LogP) is 2.30. The van der Waals surface area contributed by atoms with Crippen LogP contribution in [0.5, 0.6) is 0 Å². The molecule has 0 spiro atoms. The Bertz CT molecular complexity index is 370. The van der Waals surface area contributed by atoms with E-state index in [-0.39, 0.29) is 11.3 Å². The zero-order chi connectivity index (χ0) is 15.5. The zero-order valence-electron chi connectivity index (χ0n) is 13.7. The number of amides is 1. The molecule has 4 nitrogen and oxygen atoms in total. The van der Waals surface area contributed by atoms with Gasteiger partial charge in [-0.2, -0.15) is 0 Å². The first-order valence-corrected chi connectivity index (χ1v) is 8.56. The molecule has 4 heteroatoms. The van der Waals surface area contributed by atoms with Crippen molar-refractivity contribution in [1.82, 2.24) is 4.90 Å². The van der Waals surface area contributed by atoms with E-state index in [0.29, 0.717) is 18.9 Å². The first-order chi connectivity index (χ1) is 9.86. The third kappa shape index (κ3) is 4.19. The Morgan fingerprint density at radius 2 is 2.10 bits per heavy atom. The van der Waals surface area contributed by atoms with Gasteiger partial charge in [-0.1, -0.05) is 26.7 Å². The van der Waals surface area contributed by atoms with E-state index in [1.165, 1.54) is 6.42 Å². The molecule has 2 aliphatic rings. The van der Waals surface area contributed by atoms with Crippen LogP contribution in [0.3, 0.4) is 0 Å². The number of hydrogen-bond donors (Lipinski definition) is 2. The molecule has 0 aromatic carbocycles. The minimum atomic E-state index is -0.492. The van der Waals surface area contributed by atoms with Crippen molar-refractivity contribution in [3.8, 4) is 0 Å². The smallest absolute Gasteiger partial charge is 0.222 e. The molecule has 2 unspecified atom stereocenters. The molecule has 2 rings (SSSR count). The van der Waals surface area contributed by atoms with Crippen molar-refractivity contribution in [2.45, 2.75) is 70.8 Å². The minimum absolute atomic E-state index is 0.145. The van der Waals surface area contributed by atoms with Gasteiger partial charge in [0.05, 0.1) is 5.60 Å². The summed E-state index contributed by atoms with van der Waals surface area (Å²) in [4.78, 5) is 14.4. The van der Waals surface area contributed by atoms with Crippen LogP contribution in [0, 0.1) is 11.3 Å². The van der Waals surface area contributed by atoms with Crippen LogP contribution in [0.2, 0.25) is 0 Å². The number of carbonyl (C=O) groups is 1. The Labute approximate surface area is 129 Å². The maximum absolute atomic E-state index is 12.4. The van der Waals surface area contributed by atoms with E-state index in [9.17, 15) is 9.90 Å². The van der Waals surface area contributed by atoms with Gasteiger partial charge in [-0.05, 0) is 44.1 Å². The van der Waals surface area contributed by atoms with E-state index in [1.807, 2.05) is 4.90 Å². The van der Waals surface area contributed by atoms with Gasteiger partial charge in [-0.15, -0.1) is 0 Å². The molecule has 3 N–H and O–H groups in total. The third-order valence-corrected chi connectivity index (χ3v) is 5.62. The summed E-state index contributed by atoms with van der Waals surface area (Å²) in [6, 6.07) is 0. The van der Waals surface area contributed by atoms with Crippen LogP contribution >= 0.6 is 0 Å². The predicted molar refractivity (Wildman–Crippen MR) is 84.8 cm³/mol. The van der Waals surface area contributed by atoms with Crippen LogP contribution in [0.1, 0.15) is 65.2 Å². The number of nitrogens with zero attached hydrogens (tertiary/aromatic N) is 1. The largest absolute Gasteiger partial charge is 0.389 e. The molecule has 0 aromatic rings. The number of rotatable bonds is 5. The SMILES string of the molecule is CC(C)(CCN)CCC(=O)N1CCC2(O)CCCCC2C1. The highest BCUT2D eigenvalue weighted by Gasteiger charge is 2.43. The second-order valence-corrected chi connectivity index (χ2v) is 7.84. The molecule has 1 saturated heterocycles. The van der Waals surface area contributed by atoms with Crippen molar-refractivity contribution in [2.75, 3.05) is 19.6 Å². The van der Waals surface area contributed by atoms with Crippen molar-refractivity contribution in [3.63, 3.8) is 0 Å². The number of likely N-dealkylation sites (tertiary alicyclic amines) is 1. The van der Waals surface area contributed by atoms with Crippen LogP contribution in [-0.2, 0) is 4.79 Å². The summed E-state index contributed by atoms with van der Waals surface area (Å²) in [6.07, 6.45) is 7.54. The molecule has 1 amide bonds. The Morgan fingerprint density at radius 1 is 1.33 bits per heavy atom. The maximum Gasteiger partial charge on any atom is 0.222 e. The molecule has 2 fully saturated rings. The fourth-order valence-electron chi connectivity index (χ4n) is 3.92. The summed E-state index contributed by atoms with van der Waals surface area (Å²) in [5.41, 5.74) is 5.28. The lowest BCUT2D eigenvalue weighted by atomic mass is 9.71. The zero-order valence-corrected chi connectivity index (χ0v) is 13.7. The molecule has 122 valence electrons. The molecule has 1 heterocycles. The highest BCUT2D eigenvalue weighted by Crippen LogP contribution is 2.40. The summed E-state index contributed by atoms with van der Waals surface area (Å²) < 4.78 is 0. The lowest BCUT2D eigenvalue weighted by Crippen LogP contribution is -2.54. The molecule has 2 atom stereocenters. The topological polar surface area (TPSA) is 66.6 Å². The van der Waals surface area contributed by atoms with E-state index in [1.54, 1.807) is 0 Å². The van der Waals surface area contributed by atoms with Crippen molar-refractivity contribution in [1.29, 1.82) is 0 Å². The van der Waals surface area contributed by atoms with Gasteiger partial charge in [0.1, 0.15) is 0 Å². The number of carbonyl (C=O) groups excluding carboxylic acids is 1. The van der Waals surface area contributed by atoms with E-state index in [0.717, 1.165) is 51.6 Å². The van der Waals surface area contributed by atoms with Crippen LogP contribution in [0.15, 0.2) is 0 Å². The summed E-state index contributed by atoms with van der Waals surface area (Å²) in [6.45, 7) is 6.53. The van der Waals surface area contributed by atoms with Crippen LogP contribution in [-0.4, -0.2) is 41.1 Å². The van der Waals surface area contributed by atoms with Gasteiger partial charge in [0.25, 0.3) is 0 Å². The number of hydrogen-bond acceptors (Lipinski definition) is 3. The molecule has 1 aliphatic heterocycles.